The zero-order valence-electron chi connectivity index (χ0n) is 16.6. The maximum absolute atomic E-state index is 12.0. The van der Waals surface area contributed by atoms with E-state index < -0.39 is 34.2 Å². The van der Waals surface area contributed by atoms with Crippen molar-refractivity contribution in [1.82, 2.24) is 5.43 Å². The predicted octanol–water partition coefficient (Wildman–Crippen LogP) is 2.84. The summed E-state index contributed by atoms with van der Waals surface area (Å²) in [5.74, 6) is -2.48. The van der Waals surface area contributed by atoms with Crippen LogP contribution in [-0.4, -0.2) is 34.5 Å². The number of nitro groups is 2. The summed E-state index contributed by atoms with van der Waals surface area (Å²) in [6.07, 6.45) is 1.26. The first-order valence-electron chi connectivity index (χ1n) is 9.08. The highest BCUT2D eigenvalue weighted by Gasteiger charge is 2.19. The van der Waals surface area contributed by atoms with Crippen LogP contribution in [0.5, 0.6) is 11.5 Å². The molecule has 0 saturated carbocycles. The standard InChI is InChI=1S/C20H14N4O9/c25-18(12-31-16-7-2-1-6-15(16)23(27)28)22-21-11-13-4-3-5-14(10-13)32-20(26)17-8-9-19(33-17)24(29)30/h1-11H,12H2,(H,22,25). The number of ether oxygens (including phenoxy) is 2. The molecule has 0 atom stereocenters. The minimum Gasteiger partial charge on any atom is -0.477 e. The van der Waals surface area contributed by atoms with E-state index in [0.717, 1.165) is 12.1 Å². The van der Waals surface area contributed by atoms with E-state index in [-0.39, 0.29) is 22.9 Å². The minimum absolute atomic E-state index is 0.0574. The number of nitrogens with one attached hydrogen (secondary N) is 1. The van der Waals surface area contributed by atoms with Gasteiger partial charge < -0.3 is 13.9 Å². The molecule has 0 bridgehead atoms. The van der Waals surface area contributed by atoms with Gasteiger partial charge in [-0.05, 0) is 29.8 Å². The van der Waals surface area contributed by atoms with Gasteiger partial charge in [0.25, 0.3) is 5.91 Å². The number of hydrazone groups is 1. The molecular formula is C20H14N4O9. The molecule has 2 aromatic carbocycles. The number of benzene rings is 2. The number of esters is 1. The number of carbonyl (C=O) groups excluding carboxylic acids is 2. The number of para-hydroxylation sites is 2. The first kappa shape index (κ1) is 22.6. The lowest BCUT2D eigenvalue weighted by atomic mass is 10.2. The molecule has 168 valence electrons. The monoisotopic (exact) mass is 454 g/mol. The second-order valence-electron chi connectivity index (χ2n) is 6.16. The largest absolute Gasteiger partial charge is 0.477 e. The van der Waals surface area contributed by atoms with E-state index in [1.165, 1.54) is 42.6 Å². The lowest BCUT2D eigenvalue weighted by Gasteiger charge is -2.05. The van der Waals surface area contributed by atoms with Crippen molar-refractivity contribution < 1.29 is 33.3 Å². The van der Waals surface area contributed by atoms with Gasteiger partial charge in [0.15, 0.2) is 12.4 Å². The Balaban J connectivity index is 1.54. The average Bonchev–Trinajstić information content (AvgIpc) is 3.29. The van der Waals surface area contributed by atoms with Crippen molar-refractivity contribution in [2.45, 2.75) is 0 Å². The Hall–Kier alpha value is -5.07. The Labute approximate surface area is 184 Å². The van der Waals surface area contributed by atoms with Crippen LogP contribution in [0, 0.1) is 20.2 Å². The number of furan rings is 1. The van der Waals surface area contributed by atoms with Crippen molar-refractivity contribution in [1.29, 1.82) is 0 Å². The van der Waals surface area contributed by atoms with Crippen molar-refractivity contribution >= 4 is 29.7 Å². The number of rotatable bonds is 9. The second-order valence-corrected chi connectivity index (χ2v) is 6.16. The van der Waals surface area contributed by atoms with Gasteiger partial charge in [0.2, 0.25) is 5.76 Å². The highest BCUT2D eigenvalue weighted by molar-refractivity contribution is 5.89. The van der Waals surface area contributed by atoms with Gasteiger partial charge in [-0.1, -0.05) is 24.3 Å². The third-order valence-electron chi connectivity index (χ3n) is 3.87. The molecule has 0 aliphatic rings. The molecule has 0 saturated heterocycles. The van der Waals surface area contributed by atoms with Gasteiger partial charge in [-0.15, -0.1) is 0 Å². The summed E-state index contributed by atoms with van der Waals surface area (Å²) in [6, 6.07) is 13.8. The van der Waals surface area contributed by atoms with Gasteiger partial charge in [0.1, 0.15) is 10.7 Å². The first-order valence-corrected chi connectivity index (χ1v) is 9.08. The maximum atomic E-state index is 12.0. The fourth-order valence-corrected chi connectivity index (χ4v) is 2.44. The predicted molar refractivity (Wildman–Crippen MR) is 111 cm³/mol. The Bertz CT molecular complexity index is 1240. The van der Waals surface area contributed by atoms with Crippen LogP contribution in [0.4, 0.5) is 11.6 Å². The second kappa shape index (κ2) is 10.3. The van der Waals surface area contributed by atoms with Gasteiger partial charge in [0, 0.05) is 6.07 Å². The van der Waals surface area contributed by atoms with E-state index >= 15 is 0 Å². The van der Waals surface area contributed by atoms with E-state index in [1.807, 2.05) is 0 Å². The van der Waals surface area contributed by atoms with Crippen molar-refractivity contribution in [2.75, 3.05) is 6.61 Å². The average molecular weight is 454 g/mol. The third-order valence-corrected chi connectivity index (χ3v) is 3.87. The van der Waals surface area contributed by atoms with Crippen LogP contribution in [0.2, 0.25) is 0 Å². The van der Waals surface area contributed by atoms with Gasteiger partial charge >= 0.3 is 17.5 Å². The van der Waals surface area contributed by atoms with Gasteiger partial charge in [-0.2, -0.15) is 5.10 Å². The zero-order chi connectivity index (χ0) is 23.8. The van der Waals surface area contributed by atoms with Crippen molar-refractivity contribution in [3.05, 3.63) is 92.2 Å². The number of carbonyl (C=O) groups is 2. The highest BCUT2D eigenvalue weighted by atomic mass is 16.7. The van der Waals surface area contributed by atoms with Crippen molar-refractivity contribution in [3.8, 4) is 11.5 Å². The smallest absolute Gasteiger partial charge is 0.433 e. The van der Waals surface area contributed by atoms with Crippen LogP contribution < -0.4 is 14.9 Å². The fraction of sp³-hybridized carbons (Fsp3) is 0.0500. The molecule has 1 aromatic heterocycles. The number of nitro benzene ring substituents is 1. The molecular weight excluding hydrogens is 440 g/mol. The molecule has 3 rings (SSSR count). The Kier molecular flexibility index (Phi) is 7.06. The summed E-state index contributed by atoms with van der Waals surface area (Å²) in [5.41, 5.74) is 2.37. The summed E-state index contributed by atoms with van der Waals surface area (Å²) in [7, 11) is 0. The zero-order valence-corrected chi connectivity index (χ0v) is 16.6. The molecule has 1 amide bonds. The quantitative estimate of drug-likeness (QED) is 0.167. The van der Waals surface area contributed by atoms with Gasteiger partial charge in [-0.25, -0.2) is 10.2 Å². The van der Waals surface area contributed by atoms with E-state index in [9.17, 15) is 29.8 Å². The lowest BCUT2D eigenvalue weighted by Crippen LogP contribution is -2.24. The molecule has 0 spiro atoms. The third kappa shape index (κ3) is 6.21. The maximum Gasteiger partial charge on any atom is 0.433 e. The molecule has 0 aliphatic heterocycles. The first-order chi connectivity index (χ1) is 15.8. The summed E-state index contributed by atoms with van der Waals surface area (Å²) in [6.45, 7) is -0.505. The molecule has 0 radical (unpaired) electrons. The topological polar surface area (TPSA) is 176 Å². The normalized spacial score (nSPS) is 10.5. The van der Waals surface area contributed by atoms with E-state index in [2.05, 4.69) is 10.5 Å². The number of amides is 1. The van der Waals surface area contributed by atoms with Crippen LogP contribution in [-0.2, 0) is 4.79 Å². The Morgan fingerprint density at radius 1 is 1.03 bits per heavy atom. The van der Waals surface area contributed by atoms with E-state index in [0.29, 0.717) is 5.56 Å². The summed E-state index contributed by atoms with van der Waals surface area (Å²) >= 11 is 0. The number of hydrogen-bond acceptors (Lipinski definition) is 10. The number of hydrogen-bond donors (Lipinski definition) is 1. The van der Waals surface area contributed by atoms with Crippen molar-refractivity contribution in [3.63, 3.8) is 0 Å². The van der Waals surface area contributed by atoms with Crippen LogP contribution in [0.3, 0.4) is 0 Å². The molecule has 13 heteroatoms. The Morgan fingerprint density at radius 2 is 1.82 bits per heavy atom. The molecule has 33 heavy (non-hydrogen) atoms. The molecule has 3 aromatic rings. The van der Waals surface area contributed by atoms with E-state index in [1.54, 1.807) is 12.1 Å². The molecule has 13 nitrogen and oxygen atoms in total. The van der Waals surface area contributed by atoms with Crippen LogP contribution in [0.1, 0.15) is 16.1 Å². The molecule has 0 aliphatic carbocycles. The van der Waals surface area contributed by atoms with Gasteiger partial charge in [0.05, 0.1) is 17.2 Å². The van der Waals surface area contributed by atoms with Crippen molar-refractivity contribution in [2.24, 2.45) is 5.10 Å². The Morgan fingerprint density at radius 3 is 2.55 bits per heavy atom. The van der Waals surface area contributed by atoms with Gasteiger partial charge in [-0.3, -0.25) is 25.0 Å². The summed E-state index contributed by atoms with van der Waals surface area (Å²) in [4.78, 5) is 44.0. The fourth-order valence-electron chi connectivity index (χ4n) is 2.44. The molecule has 0 unspecified atom stereocenters. The lowest BCUT2D eigenvalue weighted by molar-refractivity contribution is -0.402. The molecule has 1 heterocycles. The summed E-state index contributed by atoms with van der Waals surface area (Å²) < 4.78 is 15.0. The SMILES string of the molecule is O=C(COc1ccccc1[N+](=O)[O-])NN=Cc1cccc(OC(=O)c2ccc([N+](=O)[O-])o2)c1. The van der Waals surface area contributed by atoms with Crippen LogP contribution in [0.25, 0.3) is 0 Å². The highest BCUT2D eigenvalue weighted by Crippen LogP contribution is 2.25. The molecule has 0 fully saturated rings. The number of nitrogens with zero attached hydrogens (tertiary/aromatic N) is 3. The molecule has 1 N–H and O–H groups in total. The minimum atomic E-state index is -0.933. The summed E-state index contributed by atoms with van der Waals surface area (Å²) in [5, 5.41) is 25.3. The van der Waals surface area contributed by atoms with Crippen LogP contribution in [0.15, 0.2) is 70.2 Å². The van der Waals surface area contributed by atoms with E-state index in [4.69, 9.17) is 13.9 Å². The van der Waals surface area contributed by atoms with Crippen LogP contribution >= 0.6 is 0 Å².